The van der Waals surface area contributed by atoms with E-state index in [4.69, 9.17) is 4.74 Å². The summed E-state index contributed by atoms with van der Waals surface area (Å²) in [6.07, 6.45) is 6.23. The lowest BCUT2D eigenvalue weighted by Crippen LogP contribution is -2.50. The lowest BCUT2D eigenvalue weighted by molar-refractivity contribution is -0.0440. The van der Waals surface area contributed by atoms with Crippen LogP contribution in [0.25, 0.3) is 0 Å². The van der Waals surface area contributed by atoms with E-state index in [2.05, 4.69) is 16.9 Å². The molecule has 0 aromatic heterocycles. The normalized spacial score (nSPS) is 21.4. The molecule has 0 aliphatic carbocycles. The molecule has 2 unspecified atom stereocenters. The molecule has 1 saturated heterocycles. The number of guanidine groups is 1. The van der Waals surface area contributed by atoms with Crippen molar-refractivity contribution in [2.45, 2.75) is 51.7 Å². The molecule has 9 heteroatoms. The molecule has 160 valence electrons. The highest BCUT2D eigenvalue weighted by Gasteiger charge is 2.30. The van der Waals surface area contributed by atoms with Crippen molar-refractivity contribution >= 4 is 40.0 Å². The van der Waals surface area contributed by atoms with Crippen LogP contribution in [0.3, 0.4) is 0 Å². The number of nitrogens with zero attached hydrogens (tertiary/aromatic N) is 3. The first-order valence-corrected chi connectivity index (χ1v) is 11.1. The monoisotopic (exact) mass is 516 g/mol. The van der Waals surface area contributed by atoms with Crippen LogP contribution in [0.2, 0.25) is 0 Å². The minimum Gasteiger partial charge on any atom is -0.373 e. The van der Waals surface area contributed by atoms with E-state index in [1.807, 2.05) is 31.9 Å². The molecule has 1 fully saturated rings. The molecule has 0 spiro atoms. The molecule has 1 N–H and O–H groups in total. The number of hydrogen-bond acceptors (Lipinski definition) is 4. The minimum absolute atomic E-state index is 0. The maximum atomic E-state index is 12.6. The second-order valence-electron chi connectivity index (χ2n) is 6.92. The number of morpholine rings is 1. The van der Waals surface area contributed by atoms with E-state index in [0.29, 0.717) is 19.6 Å². The van der Waals surface area contributed by atoms with Gasteiger partial charge in [0.1, 0.15) is 0 Å². The molecule has 7 nitrogen and oxygen atoms in total. The molecule has 27 heavy (non-hydrogen) atoms. The van der Waals surface area contributed by atoms with Crippen LogP contribution in [0.4, 0.5) is 0 Å². The van der Waals surface area contributed by atoms with Crippen LogP contribution in [0.15, 0.2) is 17.6 Å². The Bertz CT molecular complexity index is 547. The molecule has 0 aromatic carbocycles. The highest BCUT2D eigenvalue weighted by atomic mass is 127. The Hall–Kier alpha value is -0.390. The predicted molar refractivity (Wildman–Crippen MR) is 123 cm³/mol. The summed E-state index contributed by atoms with van der Waals surface area (Å²) in [5.74, 6) is 0.783. The molecule has 1 rings (SSSR count). The minimum atomic E-state index is -3.30. The molecule has 0 radical (unpaired) electrons. The van der Waals surface area contributed by atoms with Crippen molar-refractivity contribution < 1.29 is 13.2 Å². The molecule has 1 heterocycles. The second-order valence-corrected chi connectivity index (χ2v) is 9.01. The number of unbranched alkanes of at least 4 members (excludes halogenated alkanes) is 3. The van der Waals surface area contributed by atoms with Crippen LogP contribution in [-0.4, -0.2) is 81.8 Å². The predicted octanol–water partition coefficient (Wildman–Crippen LogP) is 2.30. The molecular weight excluding hydrogens is 479 g/mol. The maximum absolute atomic E-state index is 12.6. The Morgan fingerprint density at radius 2 is 1.93 bits per heavy atom. The molecule has 1 aliphatic heterocycles. The fourth-order valence-corrected chi connectivity index (χ4v) is 4.58. The summed E-state index contributed by atoms with van der Waals surface area (Å²) < 4.78 is 32.3. The van der Waals surface area contributed by atoms with Crippen molar-refractivity contribution in [1.29, 1.82) is 0 Å². The van der Waals surface area contributed by atoms with E-state index in [0.717, 1.165) is 38.2 Å². The Morgan fingerprint density at radius 1 is 1.30 bits per heavy atom. The highest BCUT2D eigenvalue weighted by molar-refractivity contribution is 14.0. The molecular formula is C18H37IN4O3S. The van der Waals surface area contributed by atoms with Crippen molar-refractivity contribution in [2.75, 3.05) is 46.0 Å². The third-order valence-corrected chi connectivity index (χ3v) is 6.20. The van der Waals surface area contributed by atoms with Gasteiger partial charge in [-0.25, -0.2) is 8.42 Å². The summed E-state index contributed by atoms with van der Waals surface area (Å²) >= 11 is 0. The van der Waals surface area contributed by atoms with Gasteiger partial charge in [-0.3, -0.25) is 4.99 Å². The molecule has 0 saturated carbocycles. The van der Waals surface area contributed by atoms with Crippen LogP contribution in [-0.2, 0) is 14.8 Å². The average molecular weight is 516 g/mol. The van der Waals surface area contributed by atoms with Gasteiger partial charge in [0.2, 0.25) is 10.0 Å². The SMILES string of the molecule is C=CCCCCCN(C)C(=NC)NCCS(=O)(=O)N1CC(C)OC(C)C1.I. The second kappa shape index (κ2) is 13.7. The third-order valence-electron chi connectivity index (χ3n) is 4.40. The van der Waals surface area contributed by atoms with Gasteiger partial charge in [-0.05, 0) is 33.1 Å². The van der Waals surface area contributed by atoms with Gasteiger partial charge in [-0.1, -0.05) is 12.5 Å². The van der Waals surface area contributed by atoms with Crippen molar-refractivity contribution in [3.8, 4) is 0 Å². The van der Waals surface area contributed by atoms with Crippen LogP contribution in [0.1, 0.15) is 39.5 Å². The number of ether oxygens (including phenoxy) is 1. The third kappa shape index (κ3) is 10.1. The number of sulfonamides is 1. The van der Waals surface area contributed by atoms with Gasteiger partial charge in [-0.15, -0.1) is 30.6 Å². The van der Waals surface area contributed by atoms with Crippen molar-refractivity contribution in [2.24, 2.45) is 4.99 Å². The van der Waals surface area contributed by atoms with Gasteiger partial charge in [0.05, 0.1) is 18.0 Å². The summed E-state index contributed by atoms with van der Waals surface area (Å²) in [6.45, 7) is 9.62. The lowest BCUT2D eigenvalue weighted by atomic mass is 10.2. The largest absolute Gasteiger partial charge is 0.373 e. The smallest absolute Gasteiger partial charge is 0.216 e. The fourth-order valence-electron chi connectivity index (χ4n) is 3.08. The molecule has 0 amide bonds. The first-order chi connectivity index (χ1) is 12.3. The van der Waals surface area contributed by atoms with E-state index in [1.54, 1.807) is 11.4 Å². The standard InChI is InChI=1S/C18H36N4O3S.HI/c1-6-7-8-9-10-12-21(5)18(19-4)20-11-13-26(23,24)22-14-16(2)25-17(3)15-22;/h6,16-17H,1,7-15H2,2-5H3,(H,19,20);1H. The zero-order valence-electron chi connectivity index (χ0n) is 17.2. The summed E-state index contributed by atoms with van der Waals surface area (Å²) in [5.41, 5.74) is 0. The van der Waals surface area contributed by atoms with Crippen molar-refractivity contribution in [1.82, 2.24) is 14.5 Å². The number of hydrogen-bond donors (Lipinski definition) is 1. The van der Waals surface area contributed by atoms with Crippen LogP contribution < -0.4 is 5.32 Å². The molecule has 0 aromatic rings. The first-order valence-electron chi connectivity index (χ1n) is 9.46. The first kappa shape index (κ1) is 26.6. The summed E-state index contributed by atoms with van der Waals surface area (Å²) in [7, 11) is 0.395. The van der Waals surface area contributed by atoms with Gasteiger partial charge in [0.25, 0.3) is 0 Å². The van der Waals surface area contributed by atoms with Gasteiger partial charge in [0.15, 0.2) is 5.96 Å². The van der Waals surface area contributed by atoms with Crippen molar-refractivity contribution in [3.05, 3.63) is 12.7 Å². The number of nitrogens with one attached hydrogen (secondary N) is 1. The average Bonchev–Trinajstić information content (AvgIpc) is 2.57. The van der Waals surface area contributed by atoms with Gasteiger partial charge < -0.3 is 15.0 Å². The number of aliphatic imine (C=N–C) groups is 1. The number of rotatable bonds is 10. The number of halogens is 1. The van der Waals surface area contributed by atoms with E-state index >= 15 is 0 Å². The highest BCUT2D eigenvalue weighted by Crippen LogP contribution is 2.14. The van der Waals surface area contributed by atoms with Gasteiger partial charge in [-0.2, -0.15) is 4.31 Å². The van der Waals surface area contributed by atoms with Crippen LogP contribution in [0, 0.1) is 0 Å². The Labute approximate surface area is 182 Å². The summed E-state index contributed by atoms with van der Waals surface area (Å²) in [4.78, 5) is 6.29. The maximum Gasteiger partial charge on any atom is 0.216 e. The van der Waals surface area contributed by atoms with Crippen molar-refractivity contribution in [3.63, 3.8) is 0 Å². The lowest BCUT2D eigenvalue weighted by Gasteiger charge is -2.34. The quantitative estimate of drug-likeness (QED) is 0.159. The number of allylic oxidation sites excluding steroid dienone is 1. The Morgan fingerprint density at radius 3 is 2.48 bits per heavy atom. The van der Waals surface area contributed by atoms with Gasteiger partial charge >= 0.3 is 0 Å². The molecule has 0 bridgehead atoms. The Balaban J connectivity index is 0.00000676. The van der Waals surface area contributed by atoms with Gasteiger partial charge in [0, 0.05) is 40.3 Å². The van der Waals surface area contributed by atoms with E-state index in [9.17, 15) is 8.42 Å². The van der Waals surface area contributed by atoms with Crippen LogP contribution in [0.5, 0.6) is 0 Å². The zero-order chi connectivity index (χ0) is 19.6. The molecule has 1 aliphatic rings. The Kier molecular flexibility index (Phi) is 13.5. The van der Waals surface area contributed by atoms with E-state index in [1.165, 1.54) is 0 Å². The summed E-state index contributed by atoms with van der Waals surface area (Å²) in [6, 6.07) is 0. The van der Waals surface area contributed by atoms with E-state index in [-0.39, 0.29) is 41.9 Å². The zero-order valence-corrected chi connectivity index (χ0v) is 20.3. The fraction of sp³-hybridized carbons (Fsp3) is 0.833. The topological polar surface area (TPSA) is 74.2 Å². The summed E-state index contributed by atoms with van der Waals surface area (Å²) in [5, 5.41) is 3.16. The van der Waals surface area contributed by atoms with Crippen LogP contribution >= 0.6 is 24.0 Å². The van der Waals surface area contributed by atoms with E-state index < -0.39 is 10.0 Å². The molecule has 2 atom stereocenters.